The van der Waals surface area contributed by atoms with Gasteiger partial charge in [-0.25, -0.2) is 8.42 Å². The summed E-state index contributed by atoms with van der Waals surface area (Å²) in [6.45, 7) is 0.538. The van der Waals surface area contributed by atoms with Crippen LogP contribution in [0.15, 0.2) is 65.6 Å². The highest BCUT2D eigenvalue weighted by Gasteiger charge is 2.26. The number of hydrogen-bond donors (Lipinski definition) is 1. The van der Waals surface area contributed by atoms with Gasteiger partial charge in [0, 0.05) is 12.2 Å². The van der Waals surface area contributed by atoms with Crippen LogP contribution in [0.1, 0.15) is 5.56 Å². The van der Waals surface area contributed by atoms with Crippen molar-refractivity contribution in [1.29, 1.82) is 0 Å². The van der Waals surface area contributed by atoms with Crippen LogP contribution in [0.4, 0.5) is 14.5 Å². The van der Waals surface area contributed by atoms with Crippen molar-refractivity contribution in [2.24, 2.45) is 0 Å². The molecule has 1 N–H and O–H groups in total. The van der Waals surface area contributed by atoms with E-state index in [2.05, 4.69) is 5.32 Å². The lowest BCUT2D eigenvalue weighted by molar-refractivity contribution is 0.234. The molecule has 0 bridgehead atoms. The van der Waals surface area contributed by atoms with Crippen molar-refractivity contribution in [2.75, 3.05) is 11.9 Å². The van der Waals surface area contributed by atoms with Crippen molar-refractivity contribution >= 4 is 21.6 Å². The molecule has 0 unspecified atom stereocenters. The second-order valence-corrected chi connectivity index (χ2v) is 6.44. The minimum atomic E-state index is -4.53. The lowest BCUT2D eigenvalue weighted by atomic mass is 10.2. The van der Waals surface area contributed by atoms with E-state index in [0.29, 0.717) is 12.2 Å². The van der Waals surface area contributed by atoms with E-state index in [0.717, 1.165) is 5.56 Å². The number of rotatable bonds is 6. The molecular weight excluding hydrogens is 308 g/mol. The highest BCUT2D eigenvalue weighted by atomic mass is 32.2. The van der Waals surface area contributed by atoms with Crippen LogP contribution in [-0.2, 0) is 9.84 Å². The first-order chi connectivity index (χ1) is 10.5. The van der Waals surface area contributed by atoms with Crippen LogP contribution >= 0.6 is 0 Å². The fraction of sp³-hybridized carbons (Fsp3) is 0.125. The first-order valence-electron chi connectivity index (χ1n) is 6.58. The van der Waals surface area contributed by atoms with Crippen LogP contribution in [0.3, 0.4) is 0 Å². The summed E-state index contributed by atoms with van der Waals surface area (Å²) in [5.74, 6) is -3.40. The molecule has 0 atom stereocenters. The smallest absolute Gasteiger partial charge is 0.341 e. The molecule has 2 aromatic rings. The monoisotopic (exact) mass is 323 g/mol. The summed E-state index contributed by atoms with van der Waals surface area (Å²) < 4.78 is 47.3. The average Bonchev–Trinajstić information content (AvgIpc) is 2.53. The van der Waals surface area contributed by atoms with E-state index in [4.69, 9.17) is 0 Å². The lowest BCUT2D eigenvalue weighted by Crippen LogP contribution is -2.11. The Bertz CT molecular complexity index is 727. The molecule has 116 valence electrons. The number of halogens is 2. The number of anilines is 1. The largest absolute Gasteiger partial charge is 0.382 e. The first kappa shape index (κ1) is 16.2. The molecule has 6 heteroatoms. The SMILES string of the molecule is O=S(=O)(c1ccc(NC/C=C/c2ccccc2)cc1)C(F)F. The maximum atomic E-state index is 12.4. The van der Waals surface area contributed by atoms with Gasteiger partial charge in [0.2, 0.25) is 9.84 Å². The van der Waals surface area contributed by atoms with E-state index >= 15 is 0 Å². The lowest BCUT2D eigenvalue weighted by Gasteiger charge is -2.06. The third-order valence-electron chi connectivity index (χ3n) is 2.95. The summed E-state index contributed by atoms with van der Waals surface area (Å²) in [6.07, 6.45) is 3.86. The number of benzene rings is 2. The highest BCUT2D eigenvalue weighted by Crippen LogP contribution is 2.20. The quantitative estimate of drug-likeness (QED) is 0.879. The predicted octanol–water partition coefficient (Wildman–Crippen LogP) is 3.81. The summed E-state index contributed by atoms with van der Waals surface area (Å²) in [7, 11) is -4.53. The van der Waals surface area contributed by atoms with Gasteiger partial charge in [-0.05, 0) is 29.8 Å². The van der Waals surface area contributed by atoms with Crippen LogP contribution in [0.2, 0.25) is 0 Å². The number of nitrogens with one attached hydrogen (secondary N) is 1. The zero-order chi connectivity index (χ0) is 16.0. The third kappa shape index (κ3) is 4.14. The van der Waals surface area contributed by atoms with E-state index in [9.17, 15) is 17.2 Å². The van der Waals surface area contributed by atoms with Crippen LogP contribution < -0.4 is 5.32 Å². The molecule has 0 spiro atoms. The van der Waals surface area contributed by atoms with Gasteiger partial charge in [-0.1, -0.05) is 42.5 Å². The molecule has 0 aliphatic heterocycles. The van der Waals surface area contributed by atoms with Gasteiger partial charge in [-0.2, -0.15) is 8.78 Å². The molecule has 2 rings (SSSR count). The summed E-state index contributed by atoms with van der Waals surface area (Å²) in [6, 6.07) is 15.0. The number of hydrogen-bond acceptors (Lipinski definition) is 3. The Balaban J connectivity index is 1.94. The highest BCUT2D eigenvalue weighted by molar-refractivity contribution is 7.91. The average molecular weight is 323 g/mol. The van der Waals surface area contributed by atoms with Crippen LogP contribution in [-0.4, -0.2) is 20.7 Å². The summed E-state index contributed by atoms with van der Waals surface area (Å²) >= 11 is 0. The minimum absolute atomic E-state index is 0.382. The van der Waals surface area contributed by atoms with Crippen molar-refractivity contribution in [2.45, 2.75) is 10.7 Å². The topological polar surface area (TPSA) is 46.2 Å². The predicted molar refractivity (Wildman–Crippen MR) is 83.6 cm³/mol. The zero-order valence-electron chi connectivity index (χ0n) is 11.6. The van der Waals surface area contributed by atoms with Crippen LogP contribution in [0.5, 0.6) is 0 Å². The Hall–Kier alpha value is -2.21. The summed E-state index contributed by atoms with van der Waals surface area (Å²) in [5, 5.41) is 3.05. The Morgan fingerprint density at radius 2 is 1.64 bits per heavy atom. The van der Waals surface area contributed by atoms with Crippen molar-refractivity contribution in [3.05, 3.63) is 66.2 Å². The van der Waals surface area contributed by atoms with Gasteiger partial charge in [0.25, 0.3) is 0 Å². The Kier molecular flexibility index (Phi) is 5.27. The van der Waals surface area contributed by atoms with Gasteiger partial charge in [0.05, 0.1) is 4.90 Å². The molecule has 0 saturated carbocycles. The minimum Gasteiger partial charge on any atom is -0.382 e. The van der Waals surface area contributed by atoms with E-state index < -0.39 is 15.6 Å². The molecule has 3 nitrogen and oxygen atoms in total. The maximum absolute atomic E-state index is 12.4. The molecule has 0 aliphatic carbocycles. The van der Waals surface area contributed by atoms with Gasteiger partial charge < -0.3 is 5.32 Å². The fourth-order valence-corrected chi connectivity index (χ4v) is 2.52. The Morgan fingerprint density at radius 1 is 1.00 bits per heavy atom. The van der Waals surface area contributed by atoms with Crippen molar-refractivity contribution in [3.63, 3.8) is 0 Å². The van der Waals surface area contributed by atoms with E-state index in [-0.39, 0.29) is 4.90 Å². The van der Waals surface area contributed by atoms with Gasteiger partial charge in [0.1, 0.15) is 0 Å². The zero-order valence-corrected chi connectivity index (χ0v) is 12.4. The molecule has 0 aliphatic rings. The molecule has 0 fully saturated rings. The second kappa shape index (κ2) is 7.17. The molecule has 22 heavy (non-hydrogen) atoms. The standard InChI is InChI=1S/C16H15F2NO2S/c17-16(18)22(20,21)15-10-8-14(9-11-15)19-12-4-7-13-5-2-1-3-6-13/h1-11,16,19H,12H2/b7-4+. The van der Waals surface area contributed by atoms with Gasteiger partial charge in [0.15, 0.2) is 0 Å². The molecule has 0 radical (unpaired) electrons. The van der Waals surface area contributed by atoms with E-state index in [1.165, 1.54) is 24.3 Å². The van der Waals surface area contributed by atoms with Crippen LogP contribution in [0.25, 0.3) is 6.08 Å². The normalized spacial score (nSPS) is 12.0. The number of sulfone groups is 1. The summed E-state index contributed by atoms with van der Waals surface area (Å²) in [5.41, 5.74) is 1.73. The van der Waals surface area contributed by atoms with Crippen LogP contribution in [0, 0.1) is 0 Å². The van der Waals surface area contributed by atoms with E-state index in [1.807, 2.05) is 42.5 Å². The van der Waals surface area contributed by atoms with Gasteiger partial charge in [-0.3, -0.25) is 0 Å². The van der Waals surface area contributed by atoms with E-state index in [1.54, 1.807) is 0 Å². The molecule has 0 amide bonds. The third-order valence-corrected chi connectivity index (χ3v) is 4.35. The molecule has 2 aromatic carbocycles. The fourth-order valence-electron chi connectivity index (χ4n) is 1.80. The maximum Gasteiger partial charge on any atom is 0.341 e. The van der Waals surface area contributed by atoms with Crippen molar-refractivity contribution in [1.82, 2.24) is 0 Å². The first-order valence-corrected chi connectivity index (χ1v) is 8.12. The Labute approximate surface area is 128 Å². The molecule has 0 saturated heterocycles. The summed E-state index contributed by atoms with van der Waals surface area (Å²) in [4.78, 5) is -0.382. The van der Waals surface area contributed by atoms with Crippen molar-refractivity contribution < 1.29 is 17.2 Å². The number of alkyl halides is 2. The van der Waals surface area contributed by atoms with Gasteiger partial charge in [-0.15, -0.1) is 0 Å². The van der Waals surface area contributed by atoms with Gasteiger partial charge >= 0.3 is 5.76 Å². The van der Waals surface area contributed by atoms with Crippen molar-refractivity contribution in [3.8, 4) is 0 Å². The Morgan fingerprint density at radius 3 is 2.23 bits per heavy atom. The molecule has 0 aromatic heterocycles. The molecule has 0 heterocycles. The second-order valence-electron chi connectivity index (χ2n) is 4.52. The molecular formula is C16H15F2NO2S.